The minimum absolute atomic E-state index is 0.196. The SMILES string of the molecule is O=C(O)c1nnc(CC2CCc3cc(C(O)(C(F)(F)F)C(F)(F)F)ccc3N2S(=O)(=O)c2ccc(F)cc2)o1. The number of aliphatic hydroxyl groups is 1. The van der Waals surface area contributed by atoms with Gasteiger partial charge in [-0.05, 0) is 48.7 Å². The summed E-state index contributed by atoms with van der Waals surface area (Å²) in [6.45, 7) is 0. The predicted octanol–water partition coefficient (Wildman–Crippen LogP) is 3.97. The van der Waals surface area contributed by atoms with Crippen molar-refractivity contribution in [3.05, 3.63) is 71.2 Å². The van der Waals surface area contributed by atoms with E-state index in [1.54, 1.807) is 0 Å². The average molecular weight is 583 g/mol. The lowest BCUT2D eigenvalue weighted by Crippen LogP contribution is -2.54. The number of halogens is 7. The van der Waals surface area contributed by atoms with Crippen LogP contribution in [0.15, 0.2) is 51.8 Å². The van der Waals surface area contributed by atoms with Gasteiger partial charge < -0.3 is 14.6 Å². The van der Waals surface area contributed by atoms with Gasteiger partial charge in [0.05, 0.1) is 16.6 Å². The first-order valence-corrected chi connectivity index (χ1v) is 12.3. The third-order valence-electron chi connectivity index (χ3n) is 6.06. The van der Waals surface area contributed by atoms with Crippen molar-refractivity contribution in [1.29, 1.82) is 0 Å². The van der Waals surface area contributed by atoms with Crippen LogP contribution in [-0.2, 0) is 28.5 Å². The summed E-state index contributed by atoms with van der Waals surface area (Å²) < 4.78 is 127. The van der Waals surface area contributed by atoms with Crippen molar-refractivity contribution in [2.75, 3.05) is 4.31 Å². The fraction of sp³-hybridized carbons (Fsp3) is 0.318. The van der Waals surface area contributed by atoms with Crippen molar-refractivity contribution in [2.45, 2.75) is 48.2 Å². The van der Waals surface area contributed by atoms with Crippen LogP contribution >= 0.6 is 0 Å². The van der Waals surface area contributed by atoms with Crippen LogP contribution in [0.25, 0.3) is 0 Å². The second-order valence-corrected chi connectivity index (χ2v) is 10.3. The van der Waals surface area contributed by atoms with Gasteiger partial charge in [-0.15, -0.1) is 10.2 Å². The third kappa shape index (κ3) is 4.91. The molecule has 0 aliphatic carbocycles. The molecule has 2 aromatic carbocycles. The Morgan fingerprint density at radius 1 is 1.03 bits per heavy atom. The summed E-state index contributed by atoms with van der Waals surface area (Å²) in [5.74, 6) is -3.44. The molecule has 210 valence electrons. The van der Waals surface area contributed by atoms with E-state index in [1.807, 2.05) is 0 Å². The molecule has 0 spiro atoms. The maximum Gasteiger partial charge on any atom is 0.430 e. The number of benzene rings is 2. The van der Waals surface area contributed by atoms with Crippen LogP contribution in [0.4, 0.5) is 36.4 Å². The van der Waals surface area contributed by atoms with Crippen molar-refractivity contribution < 1.29 is 58.6 Å². The summed E-state index contributed by atoms with van der Waals surface area (Å²) in [7, 11) is -4.62. The molecule has 0 saturated heterocycles. The van der Waals surface area contributed by atoms with Crippen LogP contribution in [0.3, 0.4) is 0 Å². The largest absolute Gasteiger partial charge is 0.474 e. The molecule has 1 unspecified atom stereocenters. The van der Waals surface area contributed by atoms with E-state index in [2.05, 4.69) is 10.2 Å². The number of carbonyl (C=O) groups is 1. The molecule has 1 aliphatic heterocycles. The number of nitrogens with zero attached hydrogens (tertiary/aromatic N) is 3. The molecule has 0 fully saturated rings. The molecule has 0 saturated carbocycles. The zero-order chi connectivity index (χ0) is 29.0. The normalized spacial score (nSPS) is 16.7. The van der Waals surface area contributed by atoms with Crippen LogP contribution < -0.4 is 4.31 Å². The Hall–Kier alpha value is -3.73. The highest BCUT2D eigenvalue weighted by molar-refractivity contribution is 7.92. The number of aryl methyl sites for hydroxylation is 1. The van der Waals surface area contributed by atoms with Gasteiger partial charge in [-0.3, -0.25) is 4.31 Å². The van der Waals surface area contributed by atoms with E-state index in [0.29, 0.717) is 22.5 Å². The lowest BCUT2D eigenvalue weighted by atomic mass is 9.87. The van der Waals surface area contributed by atoms with E-state index < -0.39 is 62.2 Å². The van der Waals surface area contributed by atoms with Crippen molar-refractivity contribution in [2.24, 2.45) is 0 Å². The maximum atomic E-state index is 13.6. The first-order chi connectivity index (χ1) is 18.0. The molecule has 2 heterocycles. The number of hydrogen-bond donors (Lipinski definition) is 2. The number of hydrogen-bond acceptors (Lipinski definition) is 7. The highest BCUT2D eigenvalue weighted by Crippen LogP contribution is 2.51. The molecule has 39 heavy (non-hydrogen) atoms. The number of alkyl halides is 6. The Bertz CT molecular complexity index is 1490. The van der Waals surface area contributed by atoms with Gasteiger partial charge in [-0.25, -0.2) is 17.6 Å². The van der Waals surface area contributed by atoms with Crippen LogP contribution in [0.5, 0.6) is 0 Å². The lowest BCUT2D eigenvalue weighted by molar-refractivity contribution is -0.376. The molecular weight excluding hydrogens is 567 g/mol. The molecule has 1 atom stereocenters. The summed E-state index contributed by atoms with van der Waals surface area (Å²) in [6.07, 6.45) is -13.1. The van der Waals surface area contributed by atoms with E-state index in [4.69, 9.17) is 9.52 Å². The van der Waals surface area contributed by atoms with E-state index in [-0.39, 0.29) is 36.4 Å². The van der Waals surface area contributed by atoms with Crippen LogP contribution in [0.2, 0.25) is 0 Å². The van der Waals surface area contributed by atoms with Crippen molar-refractivity contribution in [3.8, 4) is 0 Å². The summed E-state index contributed by atoms with van der Waals surface area (Å²) in [5.41, 5.74) is -7.38. The van der Waals surface area contributed by atoms with Crippen LogP contribution in [0.1, 0.15) is 34.1 Å². The Kier molecular flexibility index (Phi) is 6.87. The Morgan fingerprint density at radius 3 is 2.18 bits per heavy atom. The first-order valence-electron chi connectivity index (χ1n) is 10.8. The molecule has 1 aromatic heterocycles. The second kappa shape index (κ2) is 9.48. The van der Waals surface area contributed by atoms with Gasteiger partial charge in [0.1, 0.15) is 5.82 Å². The number of aromatic nitrogens is 2. The van der Waals surface area contributed by atoms with E-state index in [0.717, 1.165) is 24.3 Å². The number of rotatable bonds is 6. The summed E-state index contributed by atoms with van der Waals surface area (Å²) >= 11 is 0. The van der Waals surface area contributed by atoms with Gasteiger partial charge in [-0.1, -0.05) is 12.1 Å². The molecule has 1 aliphatic rings. The van der Waals surface area contributed by atoms with E-state index in [9.17, 15) is 49.1 Å². The molecule has 0 bridgehead atoms. The first kappa shape index (κ1) is 28.3. The standard InChI is InChI=1S/C22H16F7N3O6S/c23-13-3-6-15(7-4-13)39(36,37)32-14(10-17-30-31-18(38-17)19(33)34)5-1-11-9-12(2-8-16(11)32)20(35,21(24,25)26)22(27,28)29/h2-4,6-9,14,35H,1,5,10H2,(H,33,34). The second-order valence-electron chi connectivity index (χ2n) is 8.51. The zero-order valence-electron chi connectivity index (χ0n) is 19.2. The highest BCUT2D eigenvalue weighted by Gasteiger charge is 2.71. The molecule has 0 radical (unpaired) electrons. The van der Waals surface area contributed by atoms with Crippen LogP contribution in [-0.4, -0.2) is 53.2 Å². The minimum Gasteiger partial charge on any atom is -0.474 e. The van der Waals surface area contributed by atoms with Gasteiger partial charge in [0.2, 0.25) is 5.89 Å². The number of carboxylic acid groups (broad SMARTS) is 1. The van der Waals surface area contributed by atoms with Crippen molar-refractivity contribution in [3.63, 3.8) is 0 Å². The number of fused-ring (bicyclic) bond motifs is 1. The van der Waals surface area contributed by atoms with Gasteiger partial charge in [0.15, 0.2) is 0 Å². The highest BCUT2D eigenvalue weighted by atomic mass is 32.2. The molecule has 2 N–H and O–H groups in total. The number of anilines is 1. The number of aromatic carboxylic acids is 1. The van der Waals surface area contributed by atoms with Crippen LogP contribution in [0, 0.1) is 5.82 Å². The predicted molar refractivity (Wildman–Crippen MR) is 116 cm³/mol. The smallest absolute Gasteiger partial charge is 0.430 e. The molecule has 4 rings (SSSR count). The van der Waals surface area contributed by atoms with Gasteiger partial charge in [0, 0.05) is 12.0 Å². The molecule has 3 aromatic rings. The Morgan fingerprint density at radius 2 is 1.64 bits per heavy atom. The zero-order valence-corrected chi connectivity index (χ0v) is 20.0. The fourth-order valence-electron chi connectivity index (χ4n) is 4.20. The fourth-order valence-corrected chi connectivity index (χ4v) is 5.92. The Balaban J connectivity index is 1.85. The third-order valence-corrected chi connectivity index (χ3v) is 7.94. The quantitative estimate of drug-likeness (QED) is 0.417. The van der Waals surface area contributed by atoms with Gasteiger partial charge in [0.25, 0.3) is 15.6 Å². The Labute approximate surface area is 214 Å². The number of carboxylic acids is 1. The van der Waals surface area contributed by atoms with E-state index >= 15 is 0 Å². The van der Waals surface area contributed by atoms with Crippen molar-refractivity contribution >= 4 is 21.7 Å². The summed E-state index contributed by atoms with van der Waals surface area (Å²) in [6, 6.07) is 3.79. The van der Waals surface area contributed by atoms with E-state index in [1.165, 1.54) is 0 Å². The number of sulfonamides is 1. The summed E-state index contributed by atoms with van der Waals surface area (Å²) in [5, 5.41) is 25.6. The molecule has 0 amide bonds. The lowest BCUT2D eigenvalue weighted by Gasteiger charge is -2.39. The summed E-state index contributed by atoms with van der Waals surface area (Å²) in [4.78, 5) is 10.6. The molecular formula is C22H16F7N3O6S. The average Bonchev–Trinajstić information content (AvgIpc) is 3.30. The monoisotopic (exact) mass is 583 g/mol. The van der Waals surface area contributed by atoms with Gasteiger partial charge >= 0.3 is 24.2 Å². The topological polar surface area (TPSA) is 134 Å². The maximum absolute atomic E-state index is 13.6. The van der Waals surface area contributed by atoms with Gasteiger partial charge in [-0.2, -0.15) is 26.3 Å². The molecule has 17 heteroatoms. The molecule has 9 nitrogen and oxygen atoms in total. The van der Waals surface area contributed by atoms with Crippen molar-refractivity contribution in [1.82, 2.24) is 10.2 Å². The minimum atomic E-state index is -6.16.